The van der Waals surface area contributed by atoms with Crippen molar-refractivity contribution in [3.63, 3.8) is 0 Å². The molecule has 1 aliphatic heterocycles. The first-order chi connectivity index (χ1) is 16.4. The molecule has 0 spiro atoms. The van der Waals surface area contributed by atoms with Gasteiger partial charge in [0.15, 0.2) is 5.13 Å². The molecule has 1 N–H and O–H groups in total. The first-order valence-corrected chi connectivity index (χ1v) is 12.7. The van der Waals surface area contributed by atoms with Crippen LogP contribution in [0.5, 0.6) is 5.75 Å². The monoisotopic (exact) mass is 509 g/mol. The Bertz CT molecular complexity index is 1250. The number of hydrogen-bond donors (Lipinski definition) is 1. The van der Waals surface area contributed by atoms with Gasteiger partial charge >= 0.3 is 0 Å². The molecule has 34 heavy (non-hydrogen) atoms. The SMILES string of the molecule is CCOc1ccc(C=C2SC(=S)N(CC(=O)Nc3ncc(Cc4cccc(C)c4)s3)C2=O)cc1. The maximum absolute atomic E-state index is 12.8. The number of nitrogens with one attached hydrogen (secondary N) is 1. The molecule has 2 aromatic carbocycles. The van der Waals surface area contributed by atoms with E-state index in [0.717, 1.165) is 22.6 Å². The lowest BCUT2D eigenvalue weighted by atomic mass is 10.1. The molecule has 1 aromatic heterocycles. The van der Waals surface area contributed by atoms with Crippen LogP contribution in [-0.2, 0) is 16.0 Å². The average molecular weight is 510 g/mol. The number of anilines is 1. The maximum Gasteiger partial charge on any atom is 0.266 e. The van der Waals surface area contributed by atoms with Crippen molar-refractivity contribution in [1.29, 1.82) is 0 Å². The van der Waals surface area contributed by atoms with Crippen molar-refractivity contribution in [3.05, 3.63) is 81.2 Å². The number of ether oxygens (including phenoxy) is 1. The lowest BCUT2D eigenvalue weighted by Gasteiger charge is -2.13. The Morgan fingerprint density at radius 2 is 2.03 bits per heavy atom. The minimum atomic E-state index is -0.338. The Kier molecular flexibility index (Phi) is 7.77. The number of amides is 2. The fourth-order valence-corrected chi connectivity index (χ4v) is 5.51. The van der Waals surface area contributed by atoms with Gasteiger partial charge in [-0.15, -0.1) is 11.3 Å². The highest BCUT2D eigenvalue weighted by Gasteiger charge is 2.33. The summed E-state index contributed by atoms with van der Waals surface area (Å²) in [5.41, 5.74) is 3.26. The van der Waals surface area contributed by atoms with E-state index in [1.807, 2.05) is 37.3 Å². The van der Waals surface area contributed by atoms with Crippen LogP contribution < -0.4 is 10.1 Å². The number of aromatic nitrogens is 1. The number of aryl methyl sites for hydroxylation is 1. The van der Waals surface area contributed by atoms with E-state index < -0.39 is 0 Å². The Balaban J connectivity index is 1.35. The molecule has 2 amide bonds. The predicted molar refractivity (Wildman–Crippen MR) is 142 cm³/mol. The molecule has 2 heterocycles. The molecule has 0 radical (unpaired) electrons. The molecule has 0 atom stereocenters. The Morgan fingerprint density at radius 1 is 1.24 bits per heavy atom. The van der Waals surface area contributed by atoms with Crippen LogP contribution in [-0.4, -0.2) is 39.2 Å². The molecule has 0 bridgehead atoms. The number of hydrogen-bond acceptors (Lipinski definition) is 7. The van der Waals surface area contributed by atoms with E-state index in [1.54, 1.807) is 12.3 Å². The fourth-order valence-electron chi connectivity index (χ4n) is 3.39. The average Bonchev–Trinajstić information content (AvgIpc) is 3.34. The summed E-state index contributed by atoms with van der Waals surface area (Å²) >= 11 is 7.96. The summed E-state index contributed by atoms with van der Waals surface area (Å²) in [6.07, 6.45) is 4.29. The molecule has 0 saturated carbocycles. The maximum atomic E-state index is 12.8. The van der Waals surface area contributed by atoms with Crippen LogP contribution in [0.1, 0.15) is 28.5 Å². The third-order valence-corrected chi connectivity index (χ3v) is 7.22. The van der Waals surface area contributed by atoms with Crippen LogP contribution in [0.15, 0.2) is 59.6 Å². The molecule has 4 rings (SSSR count). The lowest BCUT2D eigenvalue weighted by Crippen LogP contribution is -2.36. The van der Waals surface area contributed by atoms with Gasteiger partial charge in [-0.3, -0.25) is 14.5 Å². The Labute approximate surface area is 212 Å². The van der Waals surface area contributed by atoms with E-state index >= 15 is 0 Å². The largest absolute Gasteiger partial charge is 0.494 e. The van der Waals surface area contributed by atoms with Crippen LogP contribution in [0.2, 0.25) is 0 Å². The number of benzene rings is 2. The normalized spacial score (nSPS) is 14.6. The third kappa shape index (κ3) is 6.11. The van der Waals surface area contributed by atoms with Gasteiger partial charge in [0.2, 0.25) is 5.91 Å². The van der Waals surface area contributed by atoms with Gasteiger partial charge in [-0.25, -0.2) is 4.98 Å². The number of thiazole rings is 1. The molecule has 6 nitrogen and oxygen atoms in total. The van der Waals surface area contributed by atoms with Crippen molar-refractivity contribution in [3.8, 4) is 5.75 Å². The zero-order valence-electron chi connectivity index (χ0n) is 18.7. The summed E-state index contributed by atoms with van der Waals surface area (Å²) in [7, 11) is 0. The van der Waals surface area contributed by atoms with Crippen LogP contribution in [0.3, 0.4) is 0 Å². The molecule has 3 aromatic rings. The number of carbonyl (C=O) groups is 2. The fraction of sp³-hybridized carbons (Fsp3) is 0.200. The van der Waals surface area contributed by atoms with E-state index in [2.05, 4.69) is 35.4 Å². The quantitative estimate of drug-likeness (QED) is 0.329. The van der Waals surface area contributed by atoms with Crippen LogP contribution >= 0.6 is 35.3 Å². The van der Waals surface area contributed by atoms with Crippen LogP contribution in [0.4, 0.5) is 5.13 Å². The van der Waals surface area contributed by atoms with E-state index in [1.165, 1.54) is 39.1 Å². The van der Waals surface area contributed by atoms with Gasteiger partial charge in [0.05, 0.1) is 11.5 Å². The highest BCUT2D eigenvalue weighted by Crippen LogP contribution is 2.33. The van der Waals surface area contributed by atoms with Gasteiger partial charge in [-0.05, 0) is 43.2 Å². The topological polar surface area (TPSA) is 71.5 Å². The third-order valence-electron chi connectivity index (χ3n) is 4.92. The zero-order chi connectivity index (χ0) is 24.1. The Morgan fingerprint density at radius 3 is 2.76 bits per heavy atom. The molecular formula is C25H23N3O3S3. The minimum Gasteiger partial charge on any atom is -0.494 e. The van der Waals surface area contributed by atoms with Gasteiger partial charge in [0.25, 0.3) is 5.91 Å². The van der Waals surface area contributed by atoms with Crippen molar-refractivity contribution in [2.75, 3.05) is 18.5 Å². The van der Waals surface area contributed by atoms with Crippen LogP contribution in [0.25, 0.3) is 6.08 Å². The summed E-state index contributed by atoms with van der Waals surface area (Å²) in [6.45, 7) is 4.42. The summed E-state index contributed by atoms with van der Waals surface area (Å²) in [5, 5.41) is 3.29. The number of rotatable bonds is 8. The number of nitrogens with zero attached hydrogens (tertiary/aromatic N) is 2. The molecule has 1 fully saturated rings. The summed E-state index contributed by atoms with van der Waals surface area (Å²) in [6, 6.07) is 15.7. The number of carbonyl (C=O) groups excluding carboxylic acids is 2. The summed E-state index contributed by atoms with van der Waals surface area (Å²) < 4.78 is 5.80. The van der Waals surface area contributed by atoms with E-state index in [0.29, 0.717) is 21.0 Å². The second kappa shape index (κ2) is 10.9. The zero-order valence-corrected chi connectivity index (χ0v) is 21.2. The van der Waals surface area contributed by atoms with Gasteiger partial charge in [0, 0.05) is 17.5 Å². The van der Waals surface area contributed by atoms with E-state index in [9.17, 15) is 9.59 Å². The number of thioether (sulfide) groups is 1. The van der Waals surface area contributed by atoms with Crippen molar-refractivity contribution in [2.24, 2.45) is 0 Å². The highest BCUT2D eigenvalue weighted by atomic mass is 32.2. The predicted octanol–water partition coefficient (Wildman–Crippen LogP) is 5.28. The Hall–Kier alpha value is -3.01. The molecule has 174 valence electrons. The minimum absolute atomic E-state index is 0.155. The van der Waals surface area contributed by atoms with Gasteiger partial charge in [-0.1, -0.05) is 65.9 Å². The molecular weight excluding hydrogens is 486 g/mol. The molecule has 1 aliphatic rings. The van der Waals surface area contributed by atoms with Crippen LogP contribution in [0, 0.1) is 6.92 Å². The molecule has 0 aliphatic carbocycles. The summed E-state index contributed by atoms with van der Waals surface area (Å²) in [5.74, 6) is 0.154. The molecule has 0 unspecified atom stereocenters. The van der Waals surface area contributed by atoms with E-state index in [4.69, 9.17) is 17.0 Å². The molecule has 9 heteroatoms. The number of thiocarbonyl (C=S) groups is 1. The first-order valence-electron chi connectivity index (χ1n) is 10.7. The standard InChI is InChI=1S/C25H23N3O3S3/c1-3-31-19-9-7-17(8-10-19)13-21-23(30)28(25(32)34-21)15-22(29)27-24-26-14-20(33-24)12-18-6-4-5-16(2)11-18/h4-11,13-14H,3,12,15H2,1-2H3,(H,26,27,29). The molecule has 1 saturated heterocycles. The second-order valence-electron chi connectivity index (χ2n) is 7.62. The highest BCUT2D eigenvalue weighted by molar-refractivity contribution is 8.26. The van der Waals surface area contributed by atoms with Gasteiger partial charge in [0.1, 0.15) is 16.6 Å². The second-order valence-corrected chi connectivity index (χ2v) is 10.4. The van der Waals surface area contributed by atoms with Gasteiger partial charge in [-0.2, -0.15) is 0 Å². The smallest absolute Gasteiger partial charge is 0.266 e. The van der Waals surface area contributed by atoms with Crippen molar-refractivity contribution in [1.82, 2.24) is 9.88 Å². The van der Waals surface area contributed by atoms with Crippen molar-refractivity contribution < 1.29 is 14.3 Å². The summed E-state index contributed by atoms with van der Waals surface area (Å²) in [4.78, 5) is 32.6. The van der Waals surface area contributed by atoms with Crippen molar-refractivity contribution >= 4 is 62.7 Å². The van der Waals surface area contributed by atoms with E-state index in [-0.39, 0.29) is 18.4 Å². The first kappa shape index (κ1) is 24.1. The van der Waals surface area contributed by atoms with Gasteiger partial charge < -0.3 is 10.1 Å². The van der Waals surface area contributed by atoms with Crippen molar-refractivity contribution in [2.45, 2.75) is 20.3 Å². The lowest BCUT2D eigenvalue weighted by molar-refractivity contribution is -0.126.